The van der Waals surface area contributed by atoms with Gasteiger partial charge in [0.05, 0.1) is 5.60 Å². The van der Waals surface area contributed by atoms with Crippen LogP contribution in [-0.4, -0.2) is 53.9 Å². The van der Waals surface area contributed by atoms with Gasteiger partial charge in [-0.25, -0.2) is 0 Å². The minimum Gasteiger partial charge on any atom is -0.389 e. The molecule has 6 heteroatoms. The molecule has 0 radical (unpaired) electrons. The summed E-state index contributed by atoms with van der Waals surface area (Å²) < 4.78 is 27.9. The van der Waals surface area contributed by atoms with Crippen molar-refractivity contribution in [1.82, 2.24) is 8.61 Å². The number of likely N-dealkylation sites (N-methyl/N-ethyl adjacent to an activating group) is 1. The van der Waals surface area contributed by atoms with Crippen LogP contribution in [0.5, 0.6) is 0 Å². The molecular formula is C12H26N2O3S. The normalized spacial score (nSPS) is 23.6. The van der Waals surface area contributed by atoms with Gasteiger partial charge in [0.2, 0.25) is 0 Å². The van der Waals surface area contributed by atoms with Crippen molar-refractivity contribution in [3.63, 3.8) is 0 Å². The molecule has 0 bridgehead atoms. The quantitative estimate of drug-likeness (QED) is 0.818. The van der Waals surface area contributed by atoms with Crippen molar-refractivity contribution >= 4 is 10.2 Å². The fourth-order valence-electron chi connectivity index (χ4n) is 2.31. The number of nitrogens with zero attached hydrogens (tertiary/aromatic N) is 2. The summed E-state index contributed by atoms with van der Waals surface area (Å²) in [4.78, 5) is 0. The number of rotatable bonds is 5. The van der Waals surface area contributed by atoms with Crippen LogP contribution in [0.1, 0.15) is 40.5 Å². The lowest BCUT2D eigenvalue weighted by Crippen LogP contribution is -2.51. The fourth-order valence-corrected chi connectivity index (χ4v) is 4.24. The van der Waals surface area contributed by atoms with Gasteiger partial charge in [0.25, 0.3) is 10.2 Å². The average Bonchev–Trinajstić information content (AvgIpc) is 2.24. The lowest BCUT2D eigenvalue weighted by Gasteiger charge is -2.36. The Morgan fingerprint density at radius 1 is 1.44 bits per heavy atom. The van der Waals surface area contributed by atoms with E-state index in [1.54, 1.807) is 25.1 Å². The second-order valence-electron chi connectivity index (χ2n) is 5.85. The molecule has 0 aromatic heterocycles. The second kappa shape index (κ2) is 5.86. The van der Waals surface area contributed by atoms with Crippen LogP contribution in [0.2, 0.25) is 0 Å². The molecule has 1 aliphatic heterocycles. The van der Waals surface area contributed by atoms with Crippen LogP contribution in [0.15, 0.2) is 0 Å². The van der Waals surface area contributed by atoms with Crippen molar-refractivity contribution < 1.29 is 13.5 Å². The van der Waals surface area contributed by atoms with Gasteiger partial charge in [-0.05, 0) is 32.6 Å². The molecule has 1 rings (SSSR count). The molecule has 1 aliphatic rings. The SMILES string of the molecule is CCN(CC(C)(C)O)S(=O)(=O)N1CCCC(C)C1. The monoisotopic (exact) mass is 278 g/mol. The Morgan fingerprint density at radius 2 is 2.06 bits per heavy atom. The van der Waals surface area contributed by atoms with Crippen molar-refractivity contribution in [3.8, 4) is 0 Å². The Labute approximate surface area is 111 Å². The molecule has 0 aromatic carbocycles. The van der Waals surface area contributed by atoms with E-state index in [2.05, 4.69) is 6.92 Å². The Balaban J connectivity index is 2.82. The van der Waals surface area contributed by atoms with Crippen LogP contribution in [-0.2, 0) is 10.2 Å². The van der Waals surface area contributed by atoms with Gasteiger partial charge in [-0.15, -0.1) is 0 Å². The summed E-state index contributed by atoms with van der Waals surface area (Å²) in [5.74, 6) is 0.411. The Bertz CT molecular complexity index is 362. The van der Waals surface area contributed by atoms with E-state index in [1.807, 2.05) is 0 Å². The molecule has 1 N–H and O–H groups in total. The highest BCUT2D eigenvalue weighted by Gasteiger charge is 2.34. The van der Waals surface area contributed by atoms with Crippen molar-refractivity contribution in [2.24, 2.45) is 5.92 Å². The van der Waals surface area contributed by atoms with Crippen molar-refractivity contribution in [2.75, 3.05) is 26.2 Å². The standard InChI is InChI=1S/C12H26N2O3S/c1-5-13(10-12(3,4)15)18(16,17)14-8-6-7-11(2)9-14/h11,15H,5-10H2,1-4H3. The summed E-state index contributed by atoms with van der Waals surface area (Å²) in [6.45, 7) is 8.84. The summed E-state index contributed by atoms with van der Waals surface area (Å²) in [6.07, 6.45) is 2.00. The van der Waals surface area contributed by atoms with Crippen LogP contribution >= 0.6 is 0 Å². The molecule has 108 valence electrons. The molecule has 1 unspecified atom stereocenters. The number of piperidine rings is 1. The molecule has 0 spiro atoms. The molecular weight excluding hydrogens is 252 g/mol. The van der Waals surface area contributed by atoms with E-state index in [0.29, 0.717) is 25.6 Å². The van der Waals surface area contributed by atoms with Gasteiger partial charge in [0.1, 0.15) is 0 Å². The van der Waals surface area contributed by atoms with Gasteiger partial charge in [-0.2, -0.15) is 17.0 Å². The fraction of sp³-hybridized carbons (Fsp3) is 1.00. The summed E-state index contributed by atoms with van der Waals surface area (Å²) in [6, 6.07) is 0. The first-order chi connectivity index (χ1) is 8.16. The molecule has 1 saturated heterocycles. The molecule has 18 heavy (non-hydrogen) atoms. The lowest BCUT2D eigenvalue weighted by atomic mass is 10.0. The first kappa shape index (κ1) is 15.9. The number of hydrogen-bond donors (Lipinski definition) is 1. The van der Waals surface area contributed by atoms with Gasteiger partial charge in [-0.3, -0.25) is 0 Å². The third-order valence-electron chi connectivity index (χ3n) is 3.19. The van der Waals surface area contributed by atoms with Gasteiger partial charge >= 0.3 is 0 Å². The maximum absolute atomic E-state index is 12.5. The molecule has 1 fully saturated rings. The van der Waals surface area contributed by atoms with Crippen molar-refractivity contribution in [1.29, 1.82) is 0 Å². The van der Waals surface area contributed by atoms with E-state index in [0.717, 1.165) is 12.8 Å². The van der Waals surface area contributed by atoms with Crippen molar-refractivity contribution in [3.05, 3.63) is 0 Å². The van der Waals surface area contributed by atoms with E-state index in [9.17, 15) is 13.5 Å². The minimum absolute atomic E-state index is 0.136. The highest BCUT2D eigenvalue weighted by Crippen LogP contribution is 2.21. The van der Waals surface area contributed by atoms with E-state index < -0.39 is 15.8 Å². The van der Waals surface area contributed by atoms with Crippen LogP contribution < -0.4 is 0 Å². The third kappa shape index (κ3) is 4.19. The summed E-state index contributed by atoms with van der Waals surface area (Å²) in [5.41, 5.74) is -1.01. The molecule has 0 saturated carbocycles. The summed E-state index contributed by atoms with van der Waals surface area (Å²) in [7, 11) is -3.43. The largest absolute Gasteiger partial charge is 0.389 e. The highest BCUT2D eigenvalue weighted by atomic mass is 32.2. The topological polar surface area (TPSA) is 60.9 Å². The zero-order valence-corrected chi connectivity index (χ0v) is 12.7. The van der Waals surface area contributed by atoms with Crippen LogP contribution in [0, 0.1) is 5.92 Å². The van der Waals surface area contributed by atoms with Crippen LogP contribution in [0.3, 0.4) is 0 Å². The molecule has 1 heterocycles. The number of aliphatic hydroxyl groups is 1. The van der Waals surface area contributed by atoms with E-state index in [-0.39, 0.29) is 6.54 Å². The molecule has 5 nitrogen and oxygen atoms in total. The second-order valence-corrected chi connectivity index (χ2v) is 7.78. The van der Waals surface area contributed by atoms with Gasteiger partial charge in [0, 0.05) is 26.2 Å². The predicted molar refractivity (Wildman–Crippen MR) is 72.4 cm³/mol. The first-order valence-corrected chi connectivity index (χ1v) is 8.04. The summed E-state index contributed by atoms with van der Waals surface area (Å²) in [5, 5.41) is 9.81. The Morgan fingerprint density at radius 3 is 2.50 bits per heavy atom. The van der Waals surface area contributed by atoms with Gasteiger partial charge in [0.15, 0.2) is 0 Å². The molecule has 0 amide bonds. The zero-order valence-electron chi connectivity index (χ0n) is 11.9. The summed E-state index contributed by atoms with van der Waals surface area (Å²) >= 11 is 0. The highest BCUT2D eigenvalue weighted by molar-refractivity contribution is 7.86. The van der Waals surface area contributed by atoms with Crippen LogP contribution in [0.25, 0.3) is 0 Å². The van der Waals surface area contributed by atoms with Gasteiger partial charge in [-0.1, -0.05) is 13.8 Å². The molecule has 0 aliphatic carbocycles. The molecule has 1 atom stereocenters. The predicted octanol–water partition coefficient (Wildman–Crippen LogP) is 1.06. The smallest absolute Gasteiger partial charge is 0.282 e. The maximum atomic E-state index is 12.5. The van der Waals surface area contributed by atoms with E-state index >= 15 is 0 Å². The van der Waals surface area contributed by atoms with Crippen molar-refractivity contribution in [2.45, 2.75) is 46.1 Å². The lowest BCUT2D eigenvalue weighted by molar-refractivity contribution is 0.0580. The average molecular weight is 278 g/mol. The maximum Gasteiger partial charge on any atom is 0.282 e. The number of hydrogen-bond acceptors (Lipinski definition) is 3. The van der Waals surface area contributed by atoms with Gasteiger partial charge < -0.3 is 5.11 Å². The van der Waals surface area contributed by atoms with E-state index in [4.69, 9.17) is 0 Å². The minimum atomic E-state index is -3.43. The van der Waals surface area contributed by atoms with Crippen LogP contribution in [0.4, 0.5) is 0 Å². The third-order valence-corrected chi connectivity index (χ3v) is 5.21. The first-order valence-electron chi connectivity index (χ1n) is 6.64. The van der Waals surface area contributed by atoms with E-state index in [1.165, 1.54) is 4.31 Å². The zero-order chi connectivity index (χ0) is 14.0. The Hall–Kier alpha value is -0.170. The molecule has 0 aromatic rings. The Kier molecular flexibility index (Phi) is 5.17.